The van der Waals surface area contributed by atoms with Crippen LogP contribution in [0.4, 0.5) is 0 Å². The Bertz CT molecular complexity index is 474. The maximum absolute atomic E-state index is 6.04. The standard InChI is InChI=1S/C18H29NO2/c1-7-20-16-9-8-11(2)10-15(16)18(19-6)17-12(3)13(4)21-14(17)5/h8-10,12-14,17-19H,7H2,1-6H3. The fourth-order valence-electron chi connectivity index (χ4n) is 3.62. The van der Waals surface area contributed by atoms with E-state index in [0.717, 1.165) is 5.75 Å². The summed E-state index contributed by atoms with van der Waals surface area (Å²) in [5, 5.41) is 3.51. The molecule has 2 rings (SSSR count). The Labute approximate surface area is 129 Å². The lowest BCUT2D eigenvalue weighted by atomic mass is 9.80. The summed E-state index contributed by atoms with van der Waals surface area (Å²) < 4.78 is 11.9. The molecule has 0 radical (unpaired) electrons. The maximum Gasteiger partial charge on any atom is 0.124 e. The van der Waals surface area contributed by atoms with Crippen LogP contribution in [0.3, 0.4) is 0 Å². The van der Waals surface area contributed by atoms with Crippen LogP contribution in [0.25, 0.3) is 0 Å². The predicted octanol–water partition coefficient (Wildman–Crippen LogP) is 3.71. The Morgan fingerprint density at radius 1 is 1.24 bits per heavy atom. The van der Waals surface area contributed by atoms with Gasteiger partial charge < -0.3 is 14.8 Å². The third kappa shape index (κ3) is 3.24. The lowest BCUT2D eigenvalue weighted by molar-refractivity contribution is 0.0477. The van der Waals surface area contributed by atoms with Crippen LogP contribution in [-0.2, 0) is 4.74 Å². The minimum Gasteiger partial charge on any atom is -0.494 e. The van der Waals surface area contributed by atoms with Gasteiger partial charge in [0.1, 0.15) is 5.75 Å². The number of rotatable bonds is 5. The fraction of sp³-hybridized carbons (Fsp3) is 0.667. The second-order valence-corrected chi connectivity index (χ2v) is 6.22. The number of hydrogen-bond donors (Lipinski definition) is 1. The van der Waals surface area contributed by atoms with Crippen LogP contribution in [0.5, 0.6) is 5.75 Å². The first-order valence-electron chi connectivity index (χ1n) is 8.05. The zero-order valence-corrected chi connectivity index (χ0v) is 14.1. The van der Waals surface area contributed by atoms with Gasteiger partial charge in [-0.1, -0.05) is 24.6 Å². The van der Waals surface area contributed by atoms with Gasteiger partial charge in [-0.15, -0.1) is 0 Å². The summed E-state index contributed by atoms with van der Waals surface area (Å²) in [6.07, 6.45) is 0.559. The van der Waals surface area contributed by atoms with Crippen molar-refractivity contribution in [1.29, 1.82) is 0 Å². The first kappa shape index (κ1) is 16.3. The molecule has 3 nitrogen and oxygen atoms in total. The molecular weight excluding hydrogens is 262 g/mol. The molecule has 1 N–H and O–H groups in total. The lowest BCUT2D eigenvalue weighted by Crippen LogP contribution is -2.33. The quantitative estimate of drug-likeness (QED) is 0.897. The normalized spacial score (nSPS) is 30.4. The summed E-state index contributed by atoms with van der Waals surface area (Å²) >= 11 is 0. The van der Waals surface area contributed by atoms with Gasteiger partial charge in [-0.2, -0.15) is 0 Å². The average molecular weight is 291 g/mol. The monoisotopic (exact) mass is 291 g/mol. The van der Waals surface area contributed by atoms with Crippen molar-refractivity contribution in [2.45, 2.75) is 52.9 Å². The van der Waals surface area contributed by atoms with Crippen LogP contribution in [0, 0.1) is 18.8 Å². The number of nitrogens with one attached hydrogen (secondary N) is 1. The molecule has 21 heavy (non-hydrogen) atoms. The highest BCUT2D eigenvalue weighted by Crippen LogP contribution is 2.42. The minimum absolute atomic E-state index is 0.251. The van der Waals surface area contributed by atoms with E-state index >= 15 is 0 Å². The van der Waals surface area contributed by atoms with Gasteiger partial charge in [-0.05, 0) is 46.7 Å². The molecule has 1 fully saturated rings. The van der Waals surface area contributed by atoms with Crippen molar-refractivity contribution < 1.29 is 9.47 Å². The van der Waals surface area contributed by atoms with Crippen LogP contribution in [0.15, 0.2) is 18.2 Å². The van der Waals surface area contributed by atoms with E-state index in [1.807, 2.05) is 14.0 Å². The largest absolute Gasteiger partial charge is 0.494 e. The molecule has 0 spiro atoms. The summed E-state index contributed by atoms with van der Waals surface area (Å²) in [5.74, 6) is 1.96. The van der Waals surface area contributed by atoms with Crippen molar-refractivity contribution in [3.8, 4) is 5.75 Å². The number of aryl methyl sites for hydroxylation is 1. The Hall–Kier alpha value is -1.06. The van der Waals surface area contributed by atoms with Crippen LogP contribution in [0.1, 0.15) is 44.9 Å². The van der Waals surface area contributed by atoms with E-state index in [-0.39, 0.29) is 12.1 Å². The third-order valence-electron chi connectivity index (χ3n) is 4.81. The highest BCUT2D eigenvalue weighted by Gasteiger charge is 2.42. The van der Waals surface area contributed by atoms with Crippen LogP contribution < -0.4 is 10.1 Å². The molecule has 1 aromatic carbocycles. The number of ether oxygens (including phenoxy) is 2. The van der Waals surface area contributed by atoms with E-state index in [0.29, 0.717) is 24.5 Å². The molecule has 0 amide bonds. The summed E-state index contributed by atoms with van der Waals surface area (Å²) in [7, 11) is 2.03. The highest BCUT2D eigenvalue weighted by molar-refractivity contribution is 5.40. The molecular formula is C18H29NO2. The minimum atomic E-state index is 0.251. The Morgan fingerprint density at radius 3 is 2.48 bits per heavy atom. The average Bonchev–Trinajstić information content (AvgIpc) is 2.69. The van der Waals surface area contributed by atoms with Crippen molar-refractivity contribution >= 4 is 0 Å². The van der Waals surface area contributed by atoms with Gasteiger partial charge in [-0.25, -0.2) is 0 Å². The lowest BCUT2D eigenvalue weighted by Gasteiger charge is -2.30. The molecule has 5 unspecified atom stereocenters. The molecule has 5 atom stereocenters. The van der Waals surface area contributed by atoms with Gasteiger partial charge >= 0.3 is 0 Å². The van der Waals surface area contributed by atoms with Crippen LogP contribution >= 0.6 is 0 Å². The van der Waals surface area contributed by atoms with Gasteiger partial charge in [-0.3, -0.25) is 0 Å². The second kappa shape index (κ2) is 6.80. The molecule has 3 heteroatoms. The molecule has 1 aliphatic heterocycles. The number of hydrogen-bond acceptors (Lipinski definition) is 3. The predicted molar refractivity (Wildman–Crippen MR) is 86.8 cm³/mol. The van der Waals surface area contributed by atoms with E-state index in [4.69, 9.17) is 9.47 Å². The molecule has 0 bridgehead atoms. The summed E-state index contributed by atoms with van der Waals surface area (Å²) in [6.45, 7) is 11.5. The number of benzene rings is 1. The van der Waals surface area contributed by atoms with Crippen LogP contribution in [0.2, 0.25) is 0 Å². The van der Waals surface area contributed by atoms with Gasteiger partial charge in [0, 0.05) is 17.5 Å². The maximum atomic E-state index is 6.04. The highest BCUT2D eigenvalue weighted by atomic mass is 16.5. The summed E-state index contributed by atoms with van der Waals surface area (Å²) in [5.41, 5.74) is 2.52. The first-order chi connectivity index (χ1) is 9.99. The molecule has 118 valence electrons. The van der Waals surface area contributed by atoms with Crippen molar-refractivity contribution in [2.75, 3.05) is 13.7 Å². The molecule has 1 aromatic rings. The van der Waals surface area contributed by atoms with Crippen molar-refractivity contribution in [3.63, 3.8) is 0 Å². The topological polar surface area (TPSA) is 30.5 Å². The van der Waals surface area contributed by atoms with Gasteiger partial charge in [0.2, 0.25) is 0 Å². The van der Waals surface area contributed by atoms with Gasteiger partial charge in [0.05, 0.1) is 18.8 Å². The SMILES string of the molecule is CCOc1ccc(C)cc1C(NC)C1C(C)OC(C)C1C. The van der Waals surface area contributed by atoms with Crippen molar-refractivity contribution in [3.05, 3.63) is 29.3 Å². The van der Waals surface area contributed by atoms with E-state index in [1.54, 1.807) is 0 Å². The van der Waals surface area contributed by atoms with E-state index in [9.17, 15) is 0 Å². The molecule has 1 saturated heterocycles. The molecule has 1 aliphatic rings. The zero-order chi connectivity index (χ0) is 15.6. The van der Waals surface area contributed by atoms with Crippen LogP contribution in [-0.4, -0.2) is 25.9 Å². The molecule has 0 aliphatic carbocycles. The smallest absolute Gasteiger partial charge is 0.124 e. The molecule has 0 saturated carbocycles. The Kier molecular flexibility index (Phi) is 5.28. The van der Waals surface area contributed by atoms with Crippen molar-refractivity contribution in [2.24, 2.45) is 11.8 Å². The summed E-state index contributed by atoms with van der Waals surface area (Å²) in [6, 6.07) is 6.70. The van der Waals surface area contributed by atoms with Gasteiger partial charge in [0.15, 0.2) is 0 Å². The first-order valence-corrected chi connectivity index (χ1v) is 8.05. The zero-order valence-electron chi connectivity index (χ0n) is 14.1. The second-order valence-electron chi connectivity index (χ2n) is 6.22. The van der Waals surface area contributed by atoms with E-state index < -0.39 is 0 Å². The molecule has 0 aromatic heterocycles. The van der Waals surface area contributed by atoms with E-state index in [1.165, 1.54) is 11.1 Å². The van der Waals surface area contributed by atoms with Gasteiger partial charge in [0.25, 0.3) is 0 Å². The third-order valence-corrected chi connectivity index (χ3v) is 4.81. The molecule has 1 heterocycles. The van der Waals surface area contributed by atoms with Crippen molar-refractivity contribution in [1.82, 2.24) is 5.32 Å². The van der Waals surface area contributed by atoms with E-state index in [2.05, 4.69) is 51.2 Å². The Morgan fingerprint density at radius 2 is 1.95 bits per heavy atom. The fourth-order valence-corrected chi connectivity index (χ4v) is 3.62. The Balaban J connectivity index is 2.39. The summed E-state index contributed by atoms with van der Waals surface area (Å²) in [4.78, 5) is 0.